The Balaban J connectivity index is 2.70. The zero-order valence-electron chi connectivity index (χ0n) is 18.3. The summed E-state index contributed by atoms with van der Waals surface area (Å²) in [5, 5.41) is 0. The van der Waals surface area contributed by atoms with Gasteiger partial charge in [0.2, 0.25) is 0 Å². The fourth-order valence-electron chi connectivity index (χ4n) is 1.46. The van der Waals surface area contributed by atoms with Gasteiger partial charge in [-0.05, 0) is 58.6 Å². The third-order valence-corrected chi connectivity index (χ3v) is 3.27. The zero-order valence-corrected chi connectivity index (χ0v) is 10.3. The Hall–Kier alpha value is -0.865. The Morgan fingerprint density at radius 1 is 1.18 bits per heavy atom. The second kappa shape index (κ2) is 3.82. The maximum Gasteiger partial charge on any atom is 0.514 e. The fourth-order valence-corrected chi connectivity index (χ4v) is 1.46. The van der Waals surface area contributed by atoms with Gasteiger partial charge in [-0.1, -0.05) is 0 Å². The highest BCUT2D eigenvalue weighted by molar-refractivity contribution is 6.61. The molecule has 1 aliphatic heterocycles. The van der Waals surface area contributed by atoms with Crippen LogP contribution in [0.25, 0.3) is 0 Å². The molecule has 17 heavy (non-hydrogen) atoms. The molecule has 4 heteroatoms. The lowest BCUT2D eigenvalue weighted by molar-refractivity contribution is 0.00578. The predicted octanol–water partition coefficient (Wildman–Crippen LogP) is 2.00. The van der Waals surface area contributed by atoms with E-state index in [4.69, 9.17) is 20.3 Å². The lowest BCUT2D eigenvalue weighted by atomic mass is 9.83. The summed E-state index contributed by atoms with van der Waals surface area (Å²) in [6.07, 6.45) is -0.716. The molecule has 0 N–H and O–H groups in total. The van der Waals surface area contributed by atoms with Gasteiger partial charge in [0, 0.05) is 14.4 Å². The van der Waals surface area contributed by atoms with Gasteiger partial charge in [-0.25, -0.2) is 0 Å². The van der Waals surface area contributed by atoms with Crippen LogP contribution in [0.5, 0.6) is 0 Å². The van der Waals surface area contributed by atoms with Crippen LogP contribution in [0.2, 0.25) is 0 Å². The van der Waals surface area contributed by atoms with Crippen LogP contribution >= 0.6 is 0 Å². The molecule has 0 radical (unpaired) electrons. The van der Waals surface area contributed by atoms with E-state index in [1.165, 1.54) is 0 Å². The van der Waals surface area contributed by atoms with E-state index in [-0.39, 0.29) is 5.59 Å². The van der Waals surface area contributed by atoms with Crippen LogP contribution in [-0.4, -0.2) is 23.3 Å². The number of pyridine rings is 1. The quantitative estimate of drug-likeness (QED) is 0.705. The normalized spacial score (nSPS) is 30.2. The Morgan fingerprint density at radius 3 is 2.29 bits per heavy atom. The summed E-state index contributed by atoms with van der Waals surface area (Å²) in [6, 6.07) is -0.597. The average molecular weight is 241 g/mol. The van der Waals surface area contributed by atoms with E-state index in [1.54, 1.807) is 27.7 Å². The van der Waals surface area contributed by atoms with Crippen molar-refractivity contribution in [3.05, 3.63) is 23.3 Å². The minimum absolute atomic E-state index is 0.206. The minimum atomic E-state index is -2.89. The molecule has 3 nitrogen and oxygen atoms in total. The summed E-state index contributed by atoms with van der Waals surface area (Å²) in [7, 11) is -1.16. The SMILES string of the molecule is [2H]c1nc(B2OC(C)(C)C(C)(C)O2)c([2H])c(C([2H])([2H])[2H])c1C([2H])([2H])[2H]. The van der Waals surface area contributed by atoms with Crippen LogP contribution in [0.3, 0.4) is 0 Å². The van der Waals surface area contributed by atoms with E-state index >= 15 is 0 Å². The summed E-state index contributed by atoms with van der Waals surface area (Å²) in [4.78, 5) is 3.85. The topological polar surface area (TPSA) is 31.4 Å². The van der Waals surface area contributed by atoms with Gasteiger partial charge < -0.3 is 9.31 Å². The Labute approximate surface area is 115 Å². The van der Waals surface area contributed by atoms with Gasteiger partial charge >= 0.3 is 7.12 Å². The molecular weight excluding hydrogens is 213 g/mol. The van der Waals surface area contributed by atoms with Crippen molar-refractivity contribution in [2.75, 3.05) is 0 Å². The standard InChI is InChI=1S/C13H20BNO2/c1-9-7-11(15-8-10(9)2)14-16-12(3,4)13(5,6)17-14/h7-8H,1-6H3/i1D3,2D3,7D,8D. The highest BCUT2D eigenvalue weighted by Crippen LogP contribution is 2.36. The predicted molar refractivity (Wildman–Crippen MR) is 69.4 cm³/mol. The maximum atomic E-state index is 8.23. The lowest BCUT2D eigenvalue weighted by Crippen LogP contribution is -2.41. The maximum absolute atomic E-state index is 8.23. The molecule has 92 valence electrons. The number of hydrogen-bond acceptors (Lipinski definition) is 3. The third-order valence-electron chi connectivity index (χ3n) is 3.27. The smallest absolute Gasteiger partial charge is 0.398 e. The molecule has 0 aliphatic carbocycles. The van der Waals surface area contributed by atoms with Gasteiger partial charge in [-0.3, -0.25) is 4.98 Å². The van der Waals surface area contributed by atoms with E-state index in [1.807, 2.05) is 0 Å². The molecule has 0 amide bonds. The fraction of sp³-hybridized carbons (Fsp3) is 0.615. The van der Waals surface area contributed by atoms with Crippen LogP contribution < -0.4 is 5.59 Å². The highest BCUT2D eigenvalue weighted by Gasteiger charge is 2.52. The second-order valence-electron chi connectivity index (χ2n) is 5.07. The van der Waals surface area contributed by atoms with Crippen LogP contribution in [0.1, 0.15) is 49.8 Å². The van der Waals surface area contributed by atoms with E-state index in [2.05, 4.69) is 4.98 Å². The molecule has 0 unspecified atom stereocenters. The second-order valence-corrected chi connectivity index (χ2v) is 5.07. The van der Waals surface area contributed by atoms with Crippen molar-refractivity contribution in [1.82, 2.24) is 4.98 Å². The van der Waals surface area contributed by atoms with Gasteiger partial charge in [0.1, 0.15) is 0 Å². The Kier molecular flexibility index (Phi) is 1.31. The van der Waals surface area contributed by atoms with E-state index < -0.39 is 55.4 Å². The van der Waals surface area contributed by atoms with Crippen LogP contribution in [0, 0.1) is 13.7 Å². The summed E-state index contributed by atoms with van der Waals surface area (Å²) >= 11 is 0. The molecular formula is C13H20BNO2. The molecule has 2 rings (SSSR count). The van der Waals surface area contributed by atoms with Gasteiger partial charge in [-0.15, -0.1) is 0 Å². The first kappa shape index (κ1) is 5.85. The molecule has 1 aromatic rings. The summed E-state index contributed by atoms with van der Waals surface area (Å²) in [5.74, 6) is 0. The van der Waals surface area contributed by atoms with Crippen molar-refractivity contribution >= 4 is 12.7 Å². The van der Waals surface area contributed by atoms with Gasteiger partial charge in [0.15, 0.2) is 0 Å². The minimum Gasteiger partial charge on any atom is -0.398 e. The van der Waals surface area contributed by atoms with E-state index in [9.17, 15) is 0 Å². The number of hydrogen-bond donors (Lipinski definition) is 0. The number of rotatable bonds is 1. The molecule has 0 spiro atoms. The molecule has 1 saturated heterocycles. The summed E-state index contributed by atoms with van der Waals surface area (Å²) < 4.78 is 73.1. The van der Waals surface area contributed by atoms with Crippen molar-refractivity contribution in [3.63, 3.8) is 0 Å². The van der Waals surface area contributed by atoms with Gasteiger partial charge in [-0.2, -0.15) is 0 Å². The lowest BCUT2D eigenvalue weighted by Gasteiger charge is -2.32. The molecule has 1 aliphatic rings. The largest absolute Gasteiger partial charge is 0.514 e. The monoisotopic (exact) mass is 241 g/mol. The van der Waals surface area contributed by atoms with Crippen LogP contribution in [0.15, 0.2) is 12.2 Å². The molecule has 0 saturated carbocycles. The molecule has 0 bridgehead atoms. The van der Waals surface area contributed by atoms with Crippen molar-refractivity contribution in [1.29, 1.82) is 0 Å². The Morgan fingerprint density at radius 2 is 1.76 bits per heavy atom. The van der Waals surface area contributed by atoms with Crippen LogP contribution in [-0.2, 0) is 9.31 Å². The molecule has 1 aromatic heterocycles. The first-order valence-electron chi connectivity index (χ1n) is 9.37. The Bertz CT molecular complexity index is 683. The number of aromatic nitrogens is 1. The highest BCUT2D eigenvalue weighted by atomic mass is 16.7. The molecule has 0 aromatic carbocycles. The van der Waals surface area contributed by atoms with E-state index in [0.29, 0.717) is 0 Å². The van der Waals surface area contributed by atoms with Gasteiger partial charge in [0.25, 0.3) is 0 Å². The zero-order chi connectivity index (χ0) is 19.6. The van der Waals surface area contributed by atoms with Crippen LogP contribution in [0.4, 0.5) is 0 Å². The van der Waals surface area contributed by atoms with Crippen molar-refractivity contribution in [2.24, 2.45) is 0 Å². The molecule has 1 fully saturated rings. The van der Waals surface area contributed by atoms with Crippen molar-refractivity contribution in [2.45, 2.75) is 52.6 Å². The first-order valence-corrected chi connectivity index (χ1v) is 5.37. The number of nitrogens with zero attached hydrogens (tertiary/aromatic N) is 1. The average Bonchev–Trinajstić information content (AvgIpc) is 2.57. The van der Waals surface area contributed by atoms with Gasteiger partial charge in [0.05, 0.1) is 19.5 Å². The van der Waals surface area contributed by atoms with Crippen molar-refractivity contribution in [3.8, 4) is 0 Å². The molecule has 2 heterocycles. The summed E-state index contributed by atoms with van der Waals surface area (Å²) in [6.45, 7) is 1.34. The summed E-state index contributed by atoms with van der Waals surface area (Å²) in [5.41, 5.74) is -3.16. The third kappa shape index (κ3) is 2.12. The van der Waals surface area contributed by atoms with Crippen molar-refractivity contribution < 1.29 is 20.3 Å². The van der Waals surface area contributed by atoms with E-state index in [0.717, 1.165) is 0 Å². The molecule has 0 atom stereocenters. The first-order chi connectivity index (χ1) is 11.0.